The number of nitrogens with two attached hydrogens (primary N) is 1. The van der Waals surface area contributed by atoms with Crippen molar-refractivity contribution in [3.63, 3.8) is 0 Å². The molecular formula is C11H11N3O4S2. The van der Waals surface area contributed by atoms with Crippen LogP contribution in [-0.2, 0) is 19.6 Å². The zero-order valence-electron chi connectivity index (χ0n) is 10.2. The molecule has 7 nitrogen and oxygen atoms in total. The van der Waals surface area contributed by atoms with Crippen LogP contribution in [-0.4, -0.2) is 42.6 Å². The predicted octanol–water partition coefficient (Wildman–Crippen LogP) is -1.03. The molecule has 1 fully saturated rings. The molecule has 0 radical (unpaired) electrons. The lowest BCUT2D eigenvalue weighted by molar-refractivity contribution is -0.134. The molecule has 0 atom stereocenters. The summed E-state index contributed by atoms with van der Waals surface area (Å²) in [5.74, 6) is -1.34. The normalized spacial score (nSPS) is 16.8. The third kappa shape index (κ3) is 2.69. The molecule has 0 bridgehead atoms. The van der Waals surface area contributed by atoms with Crippen LogP contribution in [0.1, 0.15) is 5.56 Å². The average Bonchev–Trinajstić information content (AvgIpc) is 2.37. The van der Waals surface area contributed by atoms with Crippen molar-refractivity contribution in [3.8, 4) is 0 Å². The van der Waals surface area contributed by atoms with Crippen molar-refractivity contribution in [1.29, 1.82) is 0 Å². The summed E-state index contributed by atoms with van der Waals surface area (Å²) in [5.41, 5.74) is 5.68. The number of nitrogens with zero attached hydrogens (tertiary/aromatic N) is 1. The Balaban J connectivity index is 2.48. The van der Waals surface area contributed by atoms with Crippen molar-refractivity contribution in [3.05, 3.63) is 29.8 Å². The van der Waals surface area contributed by atoms with Gasteiger partial charge in [0.1, 0.15) is 4.99 Å². The van der Waals surface area contributed by atoms with E-state index in [1.54, 1.807) is 6.07 Å². The molecule has 1 aliphatic rings. The lowest BCUT2D eigenvalue weighted by Crippen LogP contribution is -2.53. The molecule has 1 aromatic carbocycles. The summed E-state index contributed by atoms with van der Waals surface area (Å²) in [5, 5.41) is 2.04. The largest absolute Gasteiger partial charge is 0.389 e. The molecule has 0 aliphatic carbocycles. The molecule has 20 heavy (non-hydrogen) atoms. The number of hydrogen-bond acceptors (Lipinski definition) is 5. The topological polar surface area (TPSA) is 110 Å². The Bertz CT molecular complexity index is 683. The summed E-state index contributed by atoms with van der Waals surface area (Å²) >= 11 is 4.81. The van der Waals surface area contributed by atoms with Gasteiger partial charge in [-0.05, 0) is 6.07 Å². The summed E-state index contributed by atoms with van der Waals surface area (Å²) < 4.78 is 25.8. The van der Waals surface area contributed by atoms with Crippen molar-refractivity contribution in [2.24, 2.45) is 5.73 Å². The van der Waals surface area contributed by atoms with Crippen molar-refractivity contribution in [2.75, 3.05) is 13.1 Å². The smallest absolute Gasteiger partial charge is 0.244 e. The van der Waals surface area contributed by atoms with Crippen LogP contribution in [0.3, 0.4) is 0 Å². The summed E-state index contributed by atoms with van der Waals surface area (Å²) in [6.07, 6.45) is 0. The lowest BCUT2D eigenvalue weighted by atomic mass is 10.2. The molecule has 1 saturated heterocycles. The van der Waals surface area contributed by atoms with Gasteiger partial charge in [-0.1, -0.05) is 30.4 Å². The first-order valence-electron chi connectivity index (χ1n) is 5.54. The van der Waals surface area contributed by atoms with Gasteiger partial charge in [-0.25, -0.2) is 8.42 Å². The minimum atomic E-state index is -4.02. The van der Waals surface area contributed by atoms with Gasteiger partial charge in [0, 0.05) is 5.56 Å². The molecule has 106 valence electrons. The molecule has 2 amide bonds. The molecule has 1 aromatic rings. The van der Waals surface area contributed by atoms with E-state index in [0.29, 0.717) is 0 Å². The molecule has 2 rings (SSSR count). The van der Waals surface area contributed by atoms with Gasteiger partial charge in [-0.15, -0.1) is 0 Å². The third-order valence-electron chi connectivity index (χ3n) is 2.69. The maximum absolute atomic E-state index is 12.5. The molecular weight excluding hydrogens is 302 g/mol. The quantitative estimate of drug-likeness (QED) is 0.545. The van der Waals surface area contributed by atoms with Crippen LogP contribution in [0, 0.1) is 0 Å². The Labute approximate surface area is 120 Å². The highest BCUT2D eigenvalue weighted by Gasteiger charge is 2.34. The van der Waals surface area contributed by atoms with Crippen molar-refractivity contribution >= 4 is 39.0 Å². The number of benzene rings is 1. The van der Waals surface area contributed by atoms with Gasteiger partial charge in [0.2, 0.25) is 21.8 Å². The zero-order chi connectivity index (χ0) is 14.9. The first-order valence-corrected chi connectivity index (χ1v) is 7.39. The van der Waals surface area contributed by atoms with Crippen LogP contribution in [0.5, 0.6) is 0 Å². The number of imide groups is 1. The number of amides is 2. The minimum absolute atomic E-state index is 0.0723. The Kier molecular flexibility index (Phi) is 3.84. The van der Waals surface area contributed by atoms with E-state index in [2.05, 4.69) is 0 Å². The van der Waals surface area contributed by atoms with E-state index in [1.165, 1.54) is 18.2 Å². The van der Waals surface area contributed by atoms with Crippen molar-refractivity contribution in [1.82, 2.24) is 9.62 Å². The number of hydrogen-bond donors (Lipinski definition) is 2. The molecule has 0 saturated carbocycles. The summed E-state index contributed by atoms with van der Waals surface area (Å²) in [7, 11) is -4.02. The monoisotopic (exact) mass is 313 g/mol. The van der Waals surface area contributed by atoms with Gasteiger partial charge in [0.05, 0.1) is 18.0 Å². The van der Waals surface area contributed by atoms with E-state index in [9.17, 15) is 18.0 Å². The number of nitrogens with one attached hydrogen (secondary N) is 1. The minimum Gasteiger partial charge on any atom is -0.389 e. The molecule has 1 heterocycles. The zero-order valence-corrected chi connectivity index (χ0v) is 11.8. The molecule has 0 spiro atoms. The standard InChI is InChI=1S/C11H11N3O4S2/c12-11(19)7-3-1-2-4-8(7)20(17,18)14-5-9(15)13-10(16)6-14/h1-4H,5-6H2,(H2,12,19)(H,13,15,16). The van der Waals surface area contributed by atoms with Crippen LogP contribution in [0.2, 0.25) is 0 Å². The van der Waals surface area contributed by atoms with Gasteiger partial charge >= 0.3 is 0 Å². The van der Waals surface area contributed by atoms with Crippen molar-refractivity contribution in [2.45, 2.75) is 4.90 Å². The Morgan fingerprint density at radius 1 is 1.20 bits per heavy atom. The molecule has 9 heteroatoms. The van der Waals surface area contributed by atoms with E-state index in [1.807, 2.05) is 5.32 Å². The van der Waals surface area contributed by atoms with Crippen molar-refractivity contribution < 1.29 is 18.0 Å². The maximum Gasteiger partial charge on any atom is 0.244 e. The number of carbonyl (C=O) groups is 2. The molecule has 0 unspecified atom stereocenters. The van der Waals surface area contributed by atoms with Crippen LogP contribution in [0.15, 0.2) is 29.2 Å². The first kappa shape index (κ1) is 14.6. The van der Waals surface area contributed by atoms with Crippen LogP contribution >= 0.6 is 12.2 Å². The van der Waals surface area contributed by atoms with Gasteiger partial charge < -0.3 is 5.73 Å². The lowest BCUT2D eigenvalue weighted by Gasteiger charge is -2.25. The number of rotatable bonds is 3. The van der Waals surface area contributed by atoms with E-state index >= 15 is 0 Å². The molecule has 1 aliphatic heterocycles. The highest BCUT2D eigenvalue weighted by atomic mass is 32.2. The SMILES string of the molecule is NC(=S)c1ccccc1S(=O)(=O)N1CC(=O)NC(=O)C1. The molecule has 0 aromatic heterocycles. The second-order valence-electron chi connectivity index (χ2n) is 4.10. The Hall–Kier alpha value is -1.84. The van der Waals surface area contributed by atoms with E-state index in [0.717, 1.165) is 4.31 Å². The van der Waals surface area contributed by atoms with Gasteiger partial charge in [-0.2, -0.15) is 4.31 Å². The number of thiocarbonyl (C=S) groups is 1. The van der Waals surface area contributed by atoms with Crippen LogP contribution in [0.25, 0.3) is 0 Å². The van der Waals surface area contributed by atoms with Crippen LogP contribution in [0.4, 0.5) is 0 Å². The molecule has 3 N–H and O–H groups in total. The fourth-order valence-corrected chi connectivity index (χ4v) is 3.62. The maximum atomic E-state index is 12.5. The number of carbonyl (C=O) groups excluding carboxylic acids is 2. The Morgan fingerprint density at radius 3 is 2.30 bits per heavy atom. The number of piperazine rings is 1. The fourth-order valence-electron chi connectivity index (χ4n) is 1.81. The average molecular weight is 313 g/mol. The van der Waals surface area contributed by atoms with E-state index < -0.39 is 34.9 Å². The second-order valence-corrected chi connectivity index (χ2v) is 6.45. The van der Waals surface area contributed by atoms with E-state index in [-0.39, 0.29) is 15.4 Å². The second kappa shape index (κ2) is 5.27. The highest BCUT2D eigenvalue weighted by Crippen LogP contribution is 2.20. The first-order chi connectivity index (χ1) is 9.32. The van der Waals surface area contributed by atoms with Gasteiger partial charge in [0.25, 0.3) is 0 Å². The fraction of sp³-hybridized carbons (Fsp3) is 0.182. The van der Waals surface area contributed by atoms with Gasteiger partial charge in [-0.3, -0.25) is 14.9 Å². The predicted molar refractivity (Wildman–Crippen MR) is 74.2 cm³/mol. The van der Waals surface area contributed by atoms with E-state index in [4.69, 9.17) is 18.0 Å². The summed E-state index contributed by atoms with van der Waals surface area (Å²) in [4.78, 5) is 22.4. The van der Waals surface area contributed by atoms with Gasteiger partial charge in [0.15, 0.2) is 0 Å². The van der Waals surface area contributed by atoms with Crippen LogP contribution < -0.4 is 11.1 Å². The summed E-state index contributed by atoms with van der Waals surface area (Å²) in [6.45, 7) is -0.834. The Morgan fingerprint density at radius 2 is 1.75 bits per heavy atom. The number of sulfonamides is 1. The third-order valence-corrected chi connectivity index (χ3v) is 4.76. The summed E-state index contributed by atoms with van der Waals surface area (Å²) in [6, 6.07) is 5.92. The highest BCUT2D eigenvalue weighted by molar-refractivity contribution is 7.89.